The molecule has 0 spiro atoms. The van der Waals surface area contributed by atoms with Crippen molar-refractivity contribution < 1.29 is 16.8 Å². The van der Waals surface area contributed by atoms with Crippen molar-refractivity contribution in [3.05, 3.63) is 24.3 Å². The molecule has 112 valence electrons. The summed E-state index contributed by atoms with van der Waals surface area (Å²) < 4.78 is 49.2. The Kier molecular flexibility index (Phi) is 4.45. The molecule has 1 aromatic carbocycles. The summed E-state index contributed by atoms with van der Waals surface area (Å²) in [5.41, 5.74) is 0. The molecule has 1 heterocycles. The summed E-state index contributed by atoms with van der Waals surface area (Å²) in [4.78, 5) is -0.321. The van der Waals surface area contributed by atoms with Crippen molar-refractivity contribution in [1.29, 1.82) is 0 Å². The molecule has 1 aliphatic rings. The van der Waals surface area contributed by atoms with Gasteiger partial charge in [-0.15, -0.1) is 0 Å². The molecule has 4 N–H and O–H groups in total. The lowest BCUT2D eigenvalue weighted by Crippen LogP contribution is -2.30. The Morgan fingerprint density at radius 3 is 2.55 bits per heavy atom. The van der Waals surface area contributed by atoms with E-state index in [4.69, 9.17) is 5.14 Å². The van der Waals surface area contributed by atoms with Crippen LogP contribution in [-0.2, 0) is 20.0 Å². The van der Waals surface area contributed by atoms with E-state index >= 15 is 0 Å². The van der Waals surface area contributed by atoms with Gasteiger partial charge in [0, 0.05) is 6.54 Å². The van der Waals surface area contributed by atoms with E-state index in [2.05, 4.69) is 10.0 Å². The minimum atomic E-state index is -3.92. The zero-order valence-electron chi connectivity index (χ0n) is 10.7. The van der Waals surface area contributed by atoms with Gasteiger partial charge >= 0.3 is 0 Å². The first-order valence-electron chi connectivity index (χ1n) is 6.12. The highest BCUT2D eigenvalue weighted by Crippen LogP contribution is 2.15. The van der Waals surface area contributed by atoms with Crippen LogP contribution in [0.3, 0.4) is 0 Å². The van der Waals surface area contributed by atoms with E-state index in [-0.39, 0.29) is 15.7 Å². The highest BCUT2D eigenvalue weighted by atomic mass is 32.2. The van der Waals surface area contributed by atoms with Crippen molar-refractivity contribution in [1.82, 2.24) is 10.0 Å². The van der Waals surface area contributed by atoms with Crippen LogP contribution in [0.15, 0.2) is 34.1 Å². The fourth-order valence-corrected chi connectivity index (χ4v) is 3.81. The molecule has 1 aromatic rings. The molecule has 20 heavy (non-hydrogen) atoms. The Bertz CT molecular complexity index is 679. The Balaban J connectivity index is 2.16. The summed E-state index contributed by atoms with van der Waals surface area (Å²) in [5.74, 6) is 0.256. The predicted molar refractivity (Wildman–Crippen MR) is 74.0 cm³/mol. The van der Waals surface area contributed by atoms with Crippen LogP contribution in [0.1, 0.15) is 6.42 Å². The van der Waals surface area contributed by atoms with Crippen LogP contribution in [0.5, 0.6) is 0 Å². The molecule has 0 bridgehead atoms. The average Bonchev–Trinajstić information content (AvgIpc) is 2.89. The first kappa shape index (κ1) is 15.4. The Morgan fingerprint density at radius 2 is 1.95 bits per heavy atom. The van der Waals surface area contributed by atoms with Gasteiger partial charge in [0.1, 0.15) is 0 Å². The Morgan fingerprint density at radius 1 is 1.25 bits per heavy atom. The quantitative estimate of drug-likeness (QED) is 0.658. The standard InChI is InChI=1S/C11H17N3O4S2/c12-19(15,16)10-2-1-3-11(6-10)20(17,18)14-8-9-4-5-13-7-9/h1-3,6,9,13-14H,4-5,7-8H2,(H2,12,15,16). The van der Waals surface area contributed by atoms with Gasteiger partial charge in [0.2, 0.25) is 20.0 Å². The number of hydrogen-bond acceptors (Lipinski definition) is 5. The van der Waals surface area contributed by atoms with E-state index in [0.29, 0.717) is 6.54 Å². The van der Waals surface area contributed by atoms with Gasteiger partial charge in [0.15, 0.2) is 0 Å². The van der Waals surface area contributed by atoms with Gasteiger partial charge in [-0.05, 0) is 43.6 Å². The number of nitrogens with two attached hydrogens (primary N) is 1. The molecule has 1 fully saturated rings. The zero-order chi connectivity index (χ0) is 14.8. The SMILES string of the molecule is NS(=O)(=O)c1cccc(S(=O)(=O)NCC2CCNC2)c1. The summed E-state index contributed by atoms with van der Waals surface area (Å²) in [6.45, 7) is 1.99. The molecule has 0 amide bonds. The van der Waals surface area contributed by atoms with Crippen molar-refractivity contribution in [2.24, 2.45) is 11.1 Å². The first-order chi connectivity index (χ1) is 9.29. The molecule has 1 aliphatic heterocycles. The van der Waals surface area contributed by atoms with Gasteiger partial charge in [-0.3, -0.25) is 0 Å². The van der Waals surface area contributed by atoms with Crippen LogP contribution in [-0.4, -0.2) is 36.5 Å². The number of benzene rings is 1. The van der Waals surface area contributed by atoms with Crippen molar-refractivity contribution in [3.63, 3.8) is 0 Å². The molecular weight excluding hydrogens is 302 g/mol. The maximum atomic E-state index is 12.1. The largest absolute Gasteiger partial charge is 0.316 e. The average molecular weight is 319 g/mol. The second kappa shape index (κ2) is 5.78. The minimum absolute atomic E-state index is 0.102. The fraction of sp³-hybridized carbons (Fsp3) is 0.455. The number of sulfonamides is 2. The number of rotatable bonds is 5. The summed E-state index contributed by atoms with van der Waals surface area (Å²) in [7, 11) is -7.65. The monoisotopic (exact) mass is 319 g/mol. The molecule has 1 unspecified atom stereocenters. The smallest absolute Gasteiger partial charge is 0.240 e. The van der Waals surface area contributed by atoms with Crippen LogP contribution in [0, 0.1) is 5.92 Å². The lowest BCUT2D eigenvalue weighted by molar-refractivity contribution is 0.538. The summed E-state index contributed by atoms with van der Waals surface area (Å²) in [6.07, 6.45) is 0.916. The Labute approximate surface area is 118 Å². The first-order valence-corrected chi connectivity index (χ1v) is 9.15. The van der Waals surface area contributed by atoms with Gasteiger partial charge in [0.05, 0.1) is 9.79 Å². The normalized spacial score (nSPS) is 20.1. The van der Waals surface area contributed by atoms with Crippen molar-refractivity contribution in [3.8, 4) is 0 Å². The Hall–Kier alpha value is -1.00. The number of nitrogens with one attached hydrogen (secondary N) is 2. The van der Waals surface area contributed by atoms with Crippen LogP contribution >= 0.6 is 0 Å². The topological polar surface area (TPSA) is 118 Å². The van der Waals surface area contributed by atoms with Crippen molar-refractivity contribution >= 4 is 20.0 Å². The van der Waals surface area contributed by atoms with Crippen molar-refractivity contribution in [2.75, 3.05) is 19.6 Å². The van der Waals surface area contributed by atoms with Crippen LogP contribution in [0.25, 0.3) is 0 Å². The molecule has 7 nitrogen and oxygen atoms in total. The van der Waals surface area contributed by atoms with Crippen molar-refractivity contribution in [2.45, 2.75) is 16.2 Å². The van der Waals surface area contributed by atoms with Gasteiger partial charge in [-0.2, -0.15) is 0 Å². The maximum Gasteiger partial charge on any atom is 0.240 e. The molecule has 1 saturated heterocycles. The minimum Gasteiger partial charge on any atom is -0.316 e. The highest BCUT2D eigenvalue weighted by molar-refractivity contribution is 7.90. The molecule has 2 rings (SSSR count). The molecule has 0 saturated carbocycles. The molecule has 9 heteroatoms. The van der Waals surface area contributed by atoms with E-state index in [0.717, 1.165) is 25.6 Å². The predicted octanol–water partition coefficient (Wildman–Crippen LogP) is -0.778. The van der Waals surface area contributed by atoms with Gasteiger partial charge < -0.3 is 5.32 Å². The molecule has 0 aromatic heterocycles. The van der Waals surface area contributed by atoms with Crippen LogP contribution in [0.4, 0.5) is 0 Å². The van der Waals surface area contributed by atoms with Gasteiger partial charge in [0.25, 0.3) is 0 Å². The van der Waals surface area contributed by atoms with E-state index in [1.54, 1.807) is 0 Å². The fourth-order valence-electron chi connectivity index (χ4n) is 2.02. The third-order valence-corrected chi connectivity index (χ3v) is 5.50. The van der Waals surface area contributed by atoms with E-state index in [9.17, 15) is 16.8 Å². The lowest BCUT2D eigenvalue weighted by atomic mass is 10.1. The molecular formula is C11H17N3O4S2. The number of hydrogen-bond donors (Lipinski definition) is 3. The molecule has 1 atom stereocenters. The summed E-state index contributed by atoms with van der Waals surface area (Å²) in [5, 5.41) is 8.14. The second-order valence-electron chi connectivity index (χ2n) is 4.73. The van der Waals surface area contributed by atoms with E-state index in [1.807, 2.05) is 0 Å². The van der Waals surface area contributed by atoms with E-state index in [1.165, 1.54) is 18.2 Å². The third-order valence-electron chi connectivity index (χ3n) is 3.17. The molecule has 0 aliphatic carbocycles. The van der Waals surface area contributed by atoms with E-state index < -0.39 is 20.0 Å². The van der Waals surface area contributed by atoms with Crippen LogP contribution < -0.4 is 15.2 Å². The lowest BCUT2D eigenvalue weighted by Gasteiger charge is -2.11. The van der Waals surface area contributed by atoms with Gasteiger partial charge in [-0.25, -0.2) is 26.7 Å². The summed E-state index contributed by atoms with van der Waals surface area (Å²) >= 11 is 0. The molecule has 0 radical (unpaired) electrons. The summed E-state index contributed by atoms with van der Waals surface area (Å²) in [6, 6.07) is 5.01. The van der Waals surface area contributed by atoms with Gasteiger partial charge in [-0.1, -0.05) is 6.07 Å². The number of primary sulfonamides is 1. The zero-order valence-corrected chi connectivity index (χ0v) is 12.4. The maximum absolute atomic E-state index is 12.1. The second-order valence-corrected chi connectivity index (χ2v) is 8.06. The van der Waals surface area contributed by atoms with Crippen LogP contribution in [0.2, 0.25) is 0 Å². The third kappa shape index (κ3) is 3.76. The highest BCUT2D eigenvalue weighted by Gasteiger charge is 2.20.